The Balaban J connectivity index is 2.24. The van der Waals surface area contributed by atoms with Gasteiger partial charge in [0.1, 0.15) is 0 Å². The molecule has 0 saturated carbocycles. The lowest BCUT2D eigenvalue weighted by atomic mass is 10.2. The molecule has 0 bridgehead atoms. The van der Waals surface area contributed by atoms with Crippen LogP contribution in [0.2, 0.25) is 0 Å². The molecular formula is C17H11BrN2. The molecule has 96 valence electrons. The van der Waals surface area contributed by atoms with E-state index in [4.69, 9.17) is 0 Å². The molecule has 0 aliphatic carbocycles. The fourth-order valence-corrected chi connectivity index (χ4v) is 3.12. The number of nitrogens with zero attached hydrogens (tertiary/aromatic N) is 2. The Hall–Kier alpha value is -2.13. The minimum absolute atomic E-state index is 0.921. The van der Waals surface area contributed by atoms with Crippen molar-refractivity contribution in [3.05, 3.63) is 71.3 Å². The lowest BCUT2D eigenvalue weighted by Crippen LogP contribution is -1.97. The summed E-state index contributed by atoms with van der Waals surface area (Å²) >= 11 is 3.61. The van der Waals surface area contributed by atoms with Gasteiger partial charge in [-0.3, -0.25) is 4.57 Å². The van der Waals surface area contributed by atoms with Crippen molar-refractivity contribution in [1.29, 1.82) is 0 Å². The molecule has 0 fully saturated rings. The summed E-state index contributed by atoms with van der Waals surface area (Å²) in [7, 11) is 0. The molecular weight excluding hydrogens is 312 g/mol. The van der Waals surface area contributed by atoms with Gasteiger partial charge in [0.25, 0.3) is 0 Å². The van der Waals surface area contributed by atoms with E-state index >= 15 is 0 Å². The Labute approximate surface area is 124 Å². The average molecular weight is 323 g/mol. The molecule has 0 aliphatic rings. The molecule has 0 radical (unpaired) electrons. The van der Waals surface area contributed by atoms with Crippen molar-refractivity contribution in [3.8, 4) is 5.82 Å². The van der Waals surface area contributed by atoms with Crippen molar-refractivity contribution in [3.63, 3.8) is 0 Å². The molecule has 0 aliphatic heterocycles. The molecule has 0 saturated heterocycles. The first kappa shape index (κ1) is 11.7. The van der Waals surface area contributed by atoms with Crippen molar-refractivity contribution in [1.82, 2.24) is 9.55 Å². The summed E-state index contributed by atoms with van der Waals surface area (Å²) in [5, 5.41) is 2.50. The minimum Gasteiger partial charge on any atom is -0.293 e. The summed E-state index contributed by atoms with van der Waals surface area (Å²) in [5.41, 5.74) is 2.35. The Kier molecular flexibility index (Phi) is 2.60. The Morgan fingerprint density at radius 3 is 1.95 bits per heavy atom. The number of aromatic nitrogens is 2. The molecule has 20 heavy (non-hydrogen) atoms. The van der Waals surface area contributed by atoms with Gasteiger partial charge in [0.05, 0.1) is 15.5 Å². The van der Waals surface area contributed by atoms with Gasteiger partial charge in [0.2, 0.25) is 0 Å². The second kappa shape index (κ2) is 4.46. The van der Waals surface area contributed by atoms with Gasteiger partial charge in [-0.15, -0.1) is 0 Å². The van der Waals surface area contributed by atoms with Crippen molar-refractivity contribution >= 4 is 37.7 Å². The van der Waals surface area contributed by atoms with Crippen LogP contribution in [-0.2, 0) is 0 Å². The van der Waals surface area contributed by atoms with E-state index in [1.165, 1.54) is 21.8 Å². The fraction of sp³-hybridized carbons (Fsp3) is 0. The average Bonchev–Trinajstić information content (AvgIpc) is 2.83. The third kappa shape index (κ3) is 1.60. The summed E-state index contributed by atoms with van der Waals surface area (Å²) in [6.45, 7) is 0. The summed E-state index contributed by atoms with van der Waals surface area (Å²) < 4.78 is 3.20. The van der Waals surface area contributed by atoms with Crippen LogP contribution in [0.4, 0.5) is 0 Å². The number of hydrogen-bond acceptors (Lipinski definition) is 1. The van der Waals surface area contributed by atoms with Gasteiger partial charge in [-0.2, -0.15) is 0 Å². The number of benzene rings is 2. The van der Waals surface area contributed by atoms with Crippen LogP contribution in [-0.4, -0.2) is 9.55 Å². The molecule has 0 amide bonds. The smallest absolute Gasteiger partial charge is 0.151 e. The number of pyridine rings is 1. The first-order valence-electron chi connectivity index (χ1n) is 6.45. The van der Waals surface area contributed by atoms with Crippen LogP contribution in [0, 0.1) is 0 Å². The predicted octanol–water partition coefficient (Wildman–Crippen LogP) is 4.94. The van der Waals surface area contributed by atoms with Crippen LogP contribution in [0.15, 0.2) is 71.3 Å². The van der Waals surface area contributed by atoms with Crippen LogP contribution in [0.1, 0.15) is 0 Å². The molecule has 2 heterocycles. The van der Waals surface area contributed by atoms with Gasteiger partial charge in [0.15, 0.2) is 5.82 Å². The minimum atomic E-state index is 0.921. The van der Waals surface area contributed by atoms with E-state index in [1.54, 1.807) is 0 Å². The molecule has 4 rings (SSSR count). The first-order chi connectivity index (χ1) is 9.86. The van der Waals surface area contributed by atoms with Crippen molar-refractivity contribution in [2.75, 3.05) is 0 Å². The molecule has 2 aromatic heterocycles. The standard InChI is InChI=1S/C17H11BrN2/c18-14-8-5-11-19-17(14)20-15-9-3-1-6-12(15)13-7-2-4-10-16(13)20/h1-11H. The third-order valence-corrected chi connectivity index (χ3v) is 4.15. The third-order valence-electron chi connectivity index (χ3n) is 3.53. The van der Waals surface area contributed by atoms with Crippen molar-refractivity contribution in [2.24, 2.45) is 0 Å². The SMILES string of the molecule is Brc1cccnc1-n1c2ccccc2c2ccccc21. The highest BCUT2D eigenvalue weighted by atomic mass is 79.9. The molecule has 0 atom stereocenters. The van der Waals surface area contributed by atoms with Gasteiger partial charge >= 0.3 is 0 Å². The first-order valence-corrected chi connectivity index (χ1v) is 7.24. The van der Waals surface area contributed by atoms with E-state index in [2.05, 4.69) is 74.0 Å². The normalized spacial score (nSPS) is 11.2. The quantitative estimate of drug-likeness (QED) is 0.485. The Morgan fingerprint density at radius 2 is 1.35 bits per heavy atom. The van der Waals surface area contributed by atoms with E-state index < -0.39 is 0 Å². The van der Waals surface area contributed by atoms with E-state index in [9.17, 15) is 0 Å². The highest BCUT2D eigenvalue weighted by Gasteiger charge is 2.13. The second-order valence-corrected chi connectivity index (χ2v) is 5.53. The number of para-hydroxylation sites is 2. The number of rotatable bonds is 1. The molecule has 4 aromatic rings. The molecule has 0 N–H and O–H groups in total. The lowest BCUT2D eigenvalue weighted by Gasteiger charge is -2.08. The number of halogens is 1. The molecule has 3 heteroatoms. The van der Waals surface area contributed by atoms with Crippen LogP contribution >= 0.6 is 15.9 Å². The molecule has 2 aromatic carbocycles. The number of fused-ring (bicyclic) bond motifs is 3. The van der Waals surface area contributed by atoms with Crippen molar-refractivity contribution < 1.29 is 0 Å². The Bertz CT molecular complexity index is 871. The van der Waals surface area contributed by atoms with Gasteiger partial charge in [-0.1, -0.05) is 36.4 Å². The van der Waals surface area contributed by atoms with Crippen LogP contribution < -0.4 is 0 Å². The largest absolute Gasteiger partial charge is 0.293 e. The fourth-order valence-electron chi connectivity index (χ4n) is 2.69. The van der Waals surface area contributed by atoms with Crippen molar-refractivity contribution in [2.45, 2.75) is 0 Å². The number of hydrogen-bond donors (Lipinski definition) is 0. The second-order valence-electron chi connectivity index (χ2n) is 4.68. The van der Waals surface area contributed by atoms with E-state index in [-0.39, 0.29) is 0 Å². The maximum Gasteiger partial charge on any atom is 0.151 e. The summed E-state index contributed by atoms with van der Waals surface area (Å²) in [5.74, 6) is 0.921. The van der Waals surface area contributed by atoms with E-state index in [0.29, 0.717) is 0 Å². The maximum absolute atomic E-state index is 4.54. The summed E-state index contributed by atoms with van der Waals surface area (Å²) in [4.78, 5) is 4.54. The highest BCUT2D eigenvalue weighted by Crippen LogP contribution is 2.32. The Morgan fingerprint density at radius 1 is 0.750 bits per heavy atom. The summed E-state index contributed by atoms with van der Waals surface area (Å²) in [6.07, 6.45) is 1.82. The lowest BCUT2D eigenvalue weighted by molar-refractivity contribution is 1.07. The van der Waals surface area contributed by atoms with E-state index in [0.717, 1.165) is 10.3 Å². The maximum atomic E-state index is 4.54. The molecule has 2 nitrogen and oxygen atoms in total. The zero-order valence-corrected chi connectivity index (χ0v) is 12.2. The summed E-state index contributed by atoms with van der Waals surface area (Å²) in [6, 6.07) is 20.8. The van der Waals surface area contributed by atoms with Gasteiger partial charge < -0.3 is 0 Å². The van der Waals surface area contributed by atoms with Gasteiger partial charge in [-0.05, 0) is 40.2 Å². The van der Waals surface area contributed by atoms with Gasteiger partial charge in [0, 0.05) is 17.0 Å². The monoisotopic (exact) mass is 322 g/mol. The van der Waals surface area contributed by atoms with Crippen LogP contribution in [0.5, 0.6) is 0 Å². The van der Waals surface area contributed by atoms with Crippen LogP contribution in [0.25, 0.3) is 27.6 Å². The zero-order valence-electron chi connectivity index (χ0n) is 10.6. The topological polar surface area (TPSA) is 17.8 Å². The van der Waals surface area contributed by atoms with Crippen LogP contribution in [0.3, 0.4) is 0 Å². The highest BCUT2D eigenvalue weighted by molar-refractivity contribution is 9.10. The molecule has 0 unspecified atom stereocenters. The zero-order chi connectivity index (χ0) is 13.5. The van der Waals surface area contributed by atoms with Gasteiger partial charge in [-0.25, -0.2) is 4.98 Å². The van der Waals surface area contributed by atoms with E-state index in [1.807, 2.05) is 18.3 Å². The molecule has 0 spiro atoms. The predicted molar refractivity (Wildman–Crippen MR) is 86.3 cm³/mol.